The summed E-state index contributed by atoms with van der Waals surface area (Å²) in [6, 6.07) is 17.7. The number of hydrogen-bond donors (Lipinski definition) is 4. The number of methoxy groups -OCH3 is 1. The number of nitrogens with one attached hydrogen (secondary N) is 3. The minimum absolute atomic E-state index is 0.189. The first-order valence-corrected chi connectivity index (χ1v) is 9.69. The predicted octanol–water partition coefficient (Wildman–Crippen LogP) is 3.98. The Bertz CT molecular complexity index is 1160. The molecule has 0 aliphatic heterocycles. The van der Waals surface area contributed by atoms with Crippen LogP contribution in [-0.2, 0) is 6.54 Å². The molecule has 2 aromatic carbocycles. The van der Waals surface area contributed by atoms with Gasteiger partial charge in [-0.3, -0.25) is 0 Å². The zero-order chi connectivity index (χ0) is 22.2. The lowest BCUT2D eigenvalue weighted by atomic mass is 10.2. The molecule has 0 unspecified atom stereocenters. The van der Waals surface area contributed by atoms with Crippen molar-refractivity contribution in [1.29, 1.82) is 0 Å². The van der Waals surface area contributed by atoms with Crippen LogP contribution < -0.4 is 20.8 Å². The highest BCUT2D eigenvalue weighted by Gasteiger charge is 2.08. The summed E-state index contributed by atoms with van der Waals surface area (Å²) >= 11 is 0. The first kappa shape index (κ1) is 20.7. The van der Waals surface area contributed by atoms with Gasteiger partial charge < -0.3 is 24.9 Å². The summed E-state index contributed by atoms with van der Waals surface area (Å²) in [6.07, 6.45) is 3.20. The standard InChI is InChI=1S/C22H21N7O3/c1-31-18-10-6-16(7-11-18)25-21-26-20(23-14-19-3-2-12-32-19)27-22(28-21)29-24-13-15-4-8-17(30)9-5-15/h2-13,30H,14H2,1H3,(H3,23,25,26,27,28,29)/b24-13-. The van der Waals surface area contributed by atoms with Gasteiger partial charge in [-0.25, -0.2) is 5.43 Å². The molecule has 0 atom stereocenters. The summed E-state index contributed by atoms with van der Waals surface area (Å²) in [6.45, 7) is 0.412. The van der Waals surface area contributed by atoms with Gasteiger partial charge in [0, 0.05) is 5.69 Å². The molecule has 0 saturated heterocycles. The predicted molar refractivity (Wildman–Crippen MR) is 121 cm³/mol. The van der Waals surface area contributed by atoms with Gasteiger partial charge in [-0.15, -0.1) is 0 Å². The fraction of sp³-hybridized carbons (Fsp3) is 0.0909. The van der Waals surface area contributed by atoms with Crippen LogP contribution in [0.4, 0.5) is 23.5 Å². The Morgan fingerprint density at radius 3 is 2.44 bits per heavy atom. The lowest BCUT2D eigenvalue weighted by molar-refractivity contribution is 0.415. The van der Waals surface area contributed by atoms with Gasteiger partial charge in [0.1, 0.15) is 17.3 Å². The van der Waals surface area contributed by atoms with E-state index in [1.54, 1.807) is 43.9 Å². The Balaban J connectivity index is 1.51. The van der Waals surface area contributed by atoms with E-state index in [2.05, 4.69) is 36.1 Å². The van der Waals surface area contributed by atoms with E-state index >= 15 is 0 Å². The van der Waals surface area contributed by atoms with Gasteiger partial charge >= 0.3 is 0 Å². The lowest BCUT2D eigenvalue weighted by Crippen LogP contribution is -2.09. The number of hydrogen-bond acceptors (Lipinski definition) is 10. The van der Waals surface area contributed by atoms with E-state index in [9.17, 15) is 5.11 Å². The number of ether oxygens (including phenoxy) is 1. The third-order valence-electron chi connectivity index (χ3n) is 4.25. The molecule has 0 radical (unpaired) electrons. The van der Waals surface area contributed by atoms with E-state index < -0.39 is 0 Å². The molecule has 10 nitrogen and oxygen atoms in total. The summed E-state index contributed by atoms with van der Waals surface area (Å²) in [5.41, 5.74) is 4.39. The van der Waals surface area contributed by atoms with E-state index in [0.717, 1.165) is 22.8 Å². The quantitative estimate of drug-likeness (QED) is 0.230. The Hall–Kier alpha value is -4.60. The molecule has 10 heteroatoms. The smallest absolute Gasteiger partial charge is 0.250 e. The maximum Gasteiger partial charge on any atom is 0.250 e. The third kappa shape index (κ3) is 5.72. The van der Waals surface area contributed by atoms with E-state index in [1.807, 2.05) is 36.4 Å². The molecule has 4 aromatic rings. The summed E-state index contributed by atoms with van der Waals surface area (Å²) in [5.74, 6) is 2.60. The van der Waals surface area contributed by atoms with Gasteiger partial charge in [-0.2, -0.15) is 20.1 Å². The van der Waals surface area contributed by atoms with Crippen molar-refractivity contribution in [3.05, 3.63) is 78.3 Å². The van der Waals surface area contributed by atoms with Crippen LogP contribution in [0.2, 0.25) is 0 Å². The number of rotatable bonds is 9. The van der Waals surface area contributed by atoms with Crippen LogP contribution in [0.1, 0.15) is 11.3 Å². The Morgan fingerprint density at radius 1 is 0.969 bits per heavy atom. The number of benzene rings is 2. The normalized spacial score (nSPS) is 10.8. The van der Waals surface area contributed by atoms with Crippen LogP contribution in [0.25, 0.3) is 0 Å². The molecule has 162 valence electrons. The van der Waals surface area contributed by atoms with E-state index in [1.165, 1.54) is 0 Å². The summed E-state index contributed by atoms with van der Waals surface area (Å²) < 4.78 is 10.5. The molecule has 0 amide bonds. The highest BCUT2D eigenvalue weighted by atomic mass is 16.5. The van der Waals surface area contributed by atoms with Crippen molar-refractivity contribution in [3.8, 4) is 11.5 Å². The number of hydrazone groups is 1. The van der Waals surface area contributed by atoms with E-state index in [-0.39, 0.29) is 11.7 Å². The van der Waals surface area contributed by atoms with Crippen LogP contribution in [0, 0.1) is 0 Å². The number of aromatic hydroxyl groups is 1. The molecule has 2 heterocycles. The number of phenolic OH excluding ortho intramolecular Hbond substituents is 1. The van der Waals surface area contributed by atoms with Crippen molar-refractivity contribution < 1.29 is 14.3 Å². The minimum Gasteiger partial charge on any atom is -0.508 e. The van der Waals surface area contributed by atoms with Crippen molar-refractivity contribution >= 4 is 29.7 Å². The number of furan rings is 1. The van der Waals surface area contributed by atoms with Gasteiger partial charge in [0.2, 0.25) is 17.8 Å². The van der Waals surface area contributed by atoms with Gasteiger partial charge in [-0.05, 0) is 66.2 Å². The molecule has 2 aromatic heterocycles. The van der Waals surface area contributed by atoms with Crippen LogP contribution in [0.5, 0.6) is 11.5 Å². The van der Waals surface area contributed by atoms with E-state index in [4.69, 9.17) is 9.15 Å². The number of phenols is 1. The largest absolute Gasteiger partial charge is 0.508 e. The van der Waals surface area contributed by atoms with Crippen molar-refractivity contribution in [2.24, 2.45) is 5.10 Å². The highest BCUT2D eigenvalue weighted by Crippen LogP contribution is 2.19. The molecule has 0 aliphatic rings. The second-order valence-corrected chi connectivity index (χ2v) is 6.55. The van der Waals surface area contributed by atoms with Gasteiger partial charge in [-0.1, -0.05) is 0 Å². The molecule has 0 spiro atoms. The monoisotopic (exact) mass is 431 g/mol. The van der Waals surface area contributed by atoms with Crippen molar-refractivity contribution in [2.75, 3.05) is 23.2 Å². The van der Waals surface area contributed by atoms with Gasteiger partial charge in [0.05, 0.1) is 26.1 Å². The fourth-order valence-electron chi connectivity index (χ4n) is 2.67. The molecule has 0 bridgehead atoms. The maximum atomic E-state index is 9.38. The van der Waals surface area contributed by atoms with Crippen LogP contribution >= 0.6 is 0 Å². The Morgan fingerprint density at radius 2 is 1.72 bits per heavy atom. The second-order valence-electron chi connectivity index (χ2n) is 6.55. The van der Waals surface area contributed by atoms with Crippen LogP contribution in [0.3, 0.4) is 0 Å². The number of aromatic nitrogens is 3. The average Bonchev–Trinajstić information content (AvgIpc) is 3.33. The van der Waals surface area contributed by atoms with Crippen molar-refractivity contribution in [3.63, 3.8) is 0 Å². The van der Waals surface area contributed by atoms with Gasteiger partial charge in [0.25, 0.3) is 0 Å². The number of anilines is 4. The molecule has 4 N–H and O–H groups in total. The minimum atomic E-state index is 0.189. The summed E-state index contributed by atoms with van der Waals surface area (Å²) in [5, 5.41) is 19.8. The first-order valence-electron chi connectivity index (χ1n) is 9.69. The van der Waals surface area contributed by atoms with Crippen molar-refractivity contribution in [1.82, 2.24) is 15.0 Å². The van der Waals surface area contributed by atoms with Crippen LogP contribution in [-0.4, -0.2) is 33.4 Å². The highest BCUT2D eigenvalue weighted by molar-refractivity contribution is 5.80. The summed E-state index contributed by atoms with van der Waals surface area (Å²) in [4.78, 5) is 13.1. The molecular weight excluding hydrogens is 410 g/mol. The summed E-state index contributed by atoms with van der Waals surface area (Å²) in [7, 11) is 1.61. The SMILES string of the molecule is COc1ccc(Nc2nc(NCc3ccco3)nc(N/N=C\c3ccc(O)cc3)n2)cc1. The maximum absolute atomic E-state index is 9.38. The molecule has 0 fully saturated rings. The van der Waals surface area contributed by atoms with E-state index in [0.29, 0.717) is 18.4 Å². The lowest BCUT2D eigenvalue weighted by Gasteiger charge is -2.10. The number of nitrogens with zero attached hydrogens (tertiary/aromatic N) is 4. The molecular formula is C22H21N7O3. The molecule has 32 heavy (non-hydrogen) atoms. The third-order valence-corrected chi connectivity index (χ3v) is 4.25. The van der Waals surface area contributed by atoms with Gasteiger partial charge in [0.15, 0.2) is 0 Å². The zero-order valence-corrected chi connectivity index (χ0v) is 17.2. The molecule has 0 saturated carbocycles. The fourth-order valence-corrected chi connectivity index (χ4v) is 2.67. The van der Waals surface area contributed by atoms with Crippen molar-refractivity contribution in [2.45, 2.75) is 6.54 Å². The second kappa shape index (κ2) is 9.94. The topological polar surface area (TPSA) is 130 Å². The molecule has 0 aliphatic carbocycles. The molecule has 4 rings (SSSR count). The first-order chi connectivity index (χ1) is 15.7. The zero-order valence-electron chi connectivity index (χ0n) is 17.2. The Labute approximate surface area is 184 Å². The average molecular weight is 431 g/mol. The van der Waals surface area contributed by atoms with Crippen LogP contribution in [0.15, 0.2) is 76.4 Å². The Kier molecular flexibility index (Phi) is 6.42.